The summed E-state index contributed by atoms with van der Waals surface area (Å²) >= 11 is 1.35. The Balaban J connectivity index is 1.76. The second-order valence-electron chi connectivity index (χ2n) is 7.97. The maximum atomic E-state index is 12.9. The standard InChI is InChI=1S/C19H26N4O3S2/c1-19(2,3)18-20-13-16(27-18)17(24)21-14-6-5-7-15(12-14)28(25,26)23-10-8-22(4)9-11-23/h5-7,12-13H,8-11H2,1-4H3,(H,21,24). The van der Waals surface area contributed by atoms with Crippen molar-refractivity contribution in [2.75, 3.05) is 38.5 Å². The van der Waals surface area contributed by atoms with E-state index in [0.29, 0.717) is 36.7 Å². The number of aromatic nitrogens is 1. The summed E-state index contributed by atoms with van der Waals surface area (Å²) < 4.78 is 27.3. The SMILES string of the molecule is CN1CCN(S(=O)(=O)c2cccc(NC(=O)c3cnc(C(C)(C)C)s3)c2)CC1. The van der Waals surface area contributed by atoms with Crippen molar-refractivity contribution in [2.24, 2.45) is 0 Å². The van der Waals surface area contributed by atoms with Crippen molar-refractivity contribution in [2.45, 2.75) is 31.1 Å². The summed E-state index contributed by atoms with van der Waals surface area (Å²) in [5.41, 5.74) is 0.325. The molecule has 1 amide bonds. The minimum atomic E-state index is -3.58. The highest BCUT2D eigenvalue weighted by atomic mass is 32.2. The number of hydrogen-bond donors (Lipinski definition) is 1. The molecular weight excluding hydrogens is 396 g/mol. The fourth-order valence-corrected chi connectivity index (χ4v) is 5.17. The van der Waals surface area contributed by atoms with E-state index in [9.17, 15) is 13.2 Å². The number of nitrogens with zero attached hydrogens (tertiary/aromatic N) is 3. The molecule has 7 nitrogen and oxygen atoms in total. The predicted octanol–water partition coefficient (Wildman–Crippen LogP) is 2.63. The molecule has 0 unspecified atom stereocenters. The lowest BCUT2D eigenvalue weighted by molar-refractivity contribution is 0.103. The van der Waals surface area contributed by atoms with Gasteiger partial charge in [-0.2, -0.15) is 4.31 Å². The monoisotopic (exact) mass is 422 g/mol. The molecule has 1 N–H and O–H groups in total. The van der Waals surface area contributed by atoms with E-state index < -0.39 is 10.0 Å². The molecule has 28 heavy (non-hydrogen) atoms. The van der Waals surface area contributed by atoms with Gasteiger partial charge in [0, 0.05) is 37.3 Å². The normalized spacial score (nSPS) is 16.9. The Morgan fingerprint density at radius 3 is 2.46 bits per heavy atom. The summed E-state index contributed by atoms with van der Waals surface area (Å²) in [5.74, 6) is -0.290. The first-order chi connectivity index (χ1) is 13.1. The maximum Gasteiger partial charge on any atom is 0.267 e. The molecule has 1 aromatic heterocycles. The van der Waals surface area contributed by atoms with E-state index in [4.69, 9.17) is 0 Å². The molecule has 0 aliphatic carbocycles. The van der Waals surface area contributed by atoms with Crippen LogP contribution in [0.5, 0.6) is 0 Å². The van der Waals surface area contributed by atoms with E-state index in [1.807, 2.05) is 27.8 Å². The fraction of sp³-hybridized carbons (Fsp3) is 0.474. The largest absolute Gasteiger partial charge is 0.321 e. The second kappa shape index (κ2) is 7.90. The highest BCUT2D eigenvalue weighted by molar-refractivity contribution is 7.89. The fourth-order valence-electron chi connectivity index (χ4n) is 2.83. The molecule has 1 aromatic carbocycles. The third kappa shape index (κ3) is 4.60. The number of nitrogens with one attached hydrogen (secondary N) is 1. The Kier molecular flexibility index (Phi) is 5.90. The van der Waals surface area contributed by atoms with Crippen LogP contribution in [-0.4, -0.2) is 61.7 Å². The van der Waals surface area contributed by atoms with Crippen LogP contribution in [0, 0.1) is 0 Å². The van der Waals surface area contributed by atoms with Crippen molar-refractivity contribution < 1.29 is 13.2 Å². The van der Waals surface area contributed by atoms with E-state index in [-0.39, 0.29) is 16.2 Å². The molecule has 1 fully saturated rings. The summed E-state index contributed by atoms with van der Waals surface area (Å²) in [5, 5.41) is 3.66. The molecule has 0 saturated carbocycles. The molecular formula is C19H26N4O3S2. The first kappa shape index (κ1) is 20.9. The predicted molar refractivity (Wildman–Crippen MR) is 111 cm³/mol. The van der Waals surface area contributed by atoms with Gasteiger partial charge in [0.25, 0.3) is 5.91 Å². The Bertz CT molecular complexity index is 956. The lowest BCUT2D eigenvalue weighted by Gasteiger charge is -2.31. The number of anilines is 1. The molecule has 9 heteroatoms. The Labute approximate surface area is 170 Å². The smallest absolute Gasteiger partial charge is 0.267 e. The van der Waals surface area contributed by atoms with Gasteiger partial charge in [0.1, 0.15) is 4.88 Å². The summed E-state index contributed by atoms with van der Waals surface area (Å²) in [6, 6.07) is 6.41. The first-order valence-electron chi connectivity index (χ1n) is 9.14. The lowest BCUT2D eigenvalue weighted by Crippen LogP contribution is -2.47. The van der Waals surface area contributed by atoms with Gasteiger partial charge in [-0.15, -0.1) is 11.3 Å². The zero-order chi connectivity index (χ0) is 20.5. The van der Waals surface area contributed by atoms with Gasteiger partial charge in [-0.25, -0.2) is 13.4 Å². The van der Waals surface area contributed by atoms with Gasteiger partial charge >= 0.3 is 0 Å². The number of thiazole rings is 1. The Hall–Kier alpha value is -1.81. The van der Waals surface area contributed by atoms with Gasteiger partial charge < -0.3 is 10.2 Å². The number of amides is 1. The summed E-state index contributed by atoms with van der Waals surface area (Å²) in [6.45, 7) is 8.46. The number of rotatable bonds is 4. The molecule has 152 valence electrons. The molecule has 3 rings (SSSR count). The number of carbonyl (C=O) groups excluding carboxylic acids is 1. The molecule has 0 bridgehead atoms. The molecule has 1 saturated heterocycles. The molecule has 1 aliphatic heterocycles. The second-order valence-corrected chi connectivity index (χ2v) is 10.9. The van der Waals surface area contributed by atoms with Crippen molar-refractivity contribution in [1.29, 1.82) is 0 Å². The van der Waals surface area contributed by atoms with Crippen molar-refractivity contribution in [3.63, 3.8) is 0 Å². The van der Waals surface area contributed by atoms with E-state index >= 15 is 0 Å². The van der Waals surface area contributed by atoms with Crippen LogP contribution in [-0.2, 0) is 15.4 Å². The summed E-state index contributed by atoms with van der Waals surface area (Å²) in [4.78, 5) is 19.7. The zero-order valence-corrected chi connectivity index (χ0v) is 18.2. The van der Waals surface area contributed by atoms with E-state index in [1.165, 1.54) is 21.7 Å². The number of likely N-dealkylation sites (N-methyl/N-ethyl adjacent to an activating group) is 1. The maximum absolute atomic E-state index is 12.9. The van der Waals surface area contributed by atoms with Gasteiger partial charge in [0.05, 0.1) is 16.1 Å². The van der Waals surface area contributed by atoms with Gasteiger partial charge in [-0.1, -0.05) is 26.8 Å². The van der Waals surface area contributed by atoms with Gasteiger partial charge in [-0.05, 0) is 25.2 Å². The number of carbonyl (C=O) groups is 1. The Morgan fingerprint density at radius 2 is 1.86 bits per heavy atom. The van der Waals surface area contributed by atoms with Crippen LogP contribution in [0.15, 0.2) is 35.4 Å². The average Bonchev–Trinajstić information content (AvgIpc) is 3.13. The minimum Gasteiger partial charge on any atom is -0.321 e. The van der Waals surface area contributed by atoms with Crippen LogP contribution in [0.2, 0.25) is 0 Å². The zero-order valence-electron chi connectivity index (χ0n) is 16.6. The Morgan fingerprint density at radius 1 is 1.18 bits per heavy atom. The highest BCUT2D eigenvalue weighted by Gasteiger charge is 2.28. The molecule has 2 aromatic rings. The molecule has 0 atom stereocenters. The lowest BCUT2D eigenvalue weighted by atomic mass is 9.98. The number of hydrogen-bond acceptors (Lipinski definition) is 6. The molecule has 0 spiro atoms. The average molecular weight is 423 g/mol. The van der Waals surface area contributed by atoms with Gasteiger partial charge in [0.2, 0.25) is 10.0 Å². The van der Waals surface area contributed by atoms with Crippen LogP contribution in [0.3, 0.4) is 0 Å². The van der Waals surface area contributed by atoms with Crippen molar-refractivity contribution >= 4 is 33.0 Å². The summed E-state index contributed by atoms with van der Waals surface area (Å²) in [6.07, 6.45) is 1.56. The third-order valence-corrected chi connectivity index (χ3v) is 7.88. The molecule has 1 aliphatic rings. The number of sulfonamides is 1. The van der Waals surface area contributed by atoms with Gasteiger partial charge in [-0.3, -0.25) is 4.79 Å². The highest BCUT2D eigenvalue weighted by Crippen LogP contribution is 2.27. The summed E-state index contributed by atoms with van der Waals surface area (Å²) in [7, 11) is -1.60. The van der Waals surface area contributed by atoms with Crippen molar-refractivity contribution in [1.82, 2.24) is 14.2 Å². The van der Waals surface area contributed by atoms with Crippen molar-refractivity contribution in [3.05, 3.63) is 40.3 Å². The quantitative estimate of drug-likeness (QED) is 0.819. The van der Waals surface area contributed by atoms with Crippen LogP contribution in [0.25, 0.3) is 0 Å². The van der Waals surface area contributed by atoms with Gasteiger partial charge in [0.15, 0.2) is 0 Å². The van der Waals surface area contributed by atoms with E-state index in [1.54, 1.807) is 24.4 Å². The topological polar surface area (TPSA) is 82.6 Å². The molecule has 0 radical (unpaired) electrons. The van der Waals surface area contributed by atoms with Crippen LogP contribution in [0.1, 0.15) is 35.5 Å². The number of benzene rings is 1. The first-order valence-corrected chi connectivity index (χ1v) is 11.4. The van der Waals surface area contributed by atoms with E-state index in [2.05, 4.69) is 15.2 Å². The van der Waals surface area contributed by atoms with Crippen molar-refractivity contribution in [3.8, 4) is 0 Å². The minimum absolute atomic E-state index is 0.125. The number of piperazine rings is 1. The van der Waals surface area contributed by atoms with Crippen LogP contribution >= 0.6 is 11.3 Å². The molecule has 2 heterocycles. The third-order valence-electron chi connectivity index (χ3n) is 4.56. The van der Waals surface area contributed by atoms with E-state index in [0.717, 1.165) is 5.01 Å². The van der Waals surface area contributed by atoms with Crippen LogP contribution < -0.4 is 5.32 Å². The van der Waals surface area contributed by atoms with Crippen LogP contribution in [0.4, 0.5) is 5.69 Å².